The van der Waals surface area contributed by atoms with E-state index in [4.69, 9.17) is 16.1 Å². The predicted molar refractivity (Wildman–Crippen MR) is 67.9 cm³/mol. The van der Waals surface area contributed by atoms with E-state index in [9.17, 15) is 4.39 Å². The first-order chi connectivity index (χ1) is 9.24. The molecule has 0 saturated heterocycles. The van der Waals surface area contributed by atoms with E-state index < -0.39 is 0 Å². The molecule has 0 bridgehead atoms. The molecule has 2 aromatic heterocycles. The van der Waals surface area contributed by atoms with Crippen molar-refractivity contribution in [3.8, 4) is 22.8 Å². The van der Waals surface area contributed by atoms with Crippen LogP contribution in [0, 0.1) is 5.82 Å². The highest BCUT2D eigenvalue weighted by Crippen LogP contribution is 2.26. The maximum atomic E-state index is 12.8. The van der Waals surface area contributed by atoms with Crippen LogP contribution in [0.2, 0.25) is 5.15 Å². The third kappa shape index (κ3) is 2.32. The van der Waals surface area contributed by atoms with Gasteiger partial charge in [-0.1, -0.05) is 16.8 Å². The smallest absolute Gasteiger partial charge is 0.261 e. The van der Waals surface area contributed by atoms with Crippen LogP contribution in [-0.2, 0) is 0 Å². The first-order valence-corrected chi connectivity index (χ1v) is 5.82. The lowest BCUT2D eigenvalue weighted by atomic mass is 10.2. The fourth-order valence-electron chi connectivity index (χ4n) is 1.59. The first kappa shape index (κ1) is 11.8. The molecule has 0 amide bonds. The number of benzene rings is 1. The monoisotopic (exact) mass is 275 g/mol. The number of aromatic nitrogens is 3. The summed E-state index contributed by atoms with van der Waals surface area (Å²) in [7, 11) is 0. The molecule has 0 aliphatic carbocycles. The van der Waals surface area contributed by atoms with Gasteiger partial charge in [-0.3, -0.25) is 0 Å². The van der Waals surface area contributed by atoms with E-state index in [2.05, 4.69) is 15.1 Å². The summed E-state index contributed by atoms with van der Waals surface area (Å²) in [5.41, 5.74) is 1.22. The zero-order chi connectivity index (χ0) is 13.2. The van der Waals surface area contributed by atoms with Gasteiger partial charge in [-0.15, -0.1) is 0 Å². The molecule has 0 spiro atoms. The van der Waals surface area contributed by atoms with Crippen molar-refractivity contribution < 1.29 is 8.91 Å². The van der Waals surface area contributed by atoms with Crippen molar-refractivity contribution in [2.24, 2.45) is 0 Å². The van der Waals surface area contributed by atoms with Gasteiger partial charge in [0.05, 0.1) is 5.56 Å². The van der Waals surface area contributed by atoms with Crippen molar-refractivity contribution in [1.82, 2.24) is 15.1 Å². The Morgan fingerprint density at radius 1 is 1.11 bits per heavy atom. The fraction of sp³-hybridized carbons (Fsp3) is 0. The SMILES string of the molecule is Fc1ccc(-c2noc(-c3cccnc3Cl)n2)cc1. The number of rotatable bonds is 2. The molecule has 0 fully saturated rings. The summed E-state index contributed by atoms with van der Waals surface area (Å²) in [6, 6.07) is 9.29. The van der Waals surface area contributed by atoms with E-state index >= 15 is 0 Å². The highest BCUT2D eigenvalue weighted by Gasteiger charge is 2.13. The minimum Gasteiger partial charge on any atom is -0.333 e. The van der Waals surface area contributed by atoms with Crippen LogP contribution in [0.15, 0.2) is 47.1 Å². The van der Waals surface area contributed by atoms with E-state index in [1.54, 1.807) is 30.5 Å². The Bertz CT molecular complexity index is 712. The van der Waals surface area contributed by atoms with Gasteiger partial charge in [0.2, 0.25) is 5.82 Å². The minimum atomic E-state index is -0.317. The summed E-state index contributed by atoms with van der Waals surface area (Å²) in [4.78, 5) is 8.15. The molecule has 3 aromatic rings. The second-order valence-electron chi connectivity index (χ2n) is 3.77. The van der Waals surface area contributed by atoms with Crippen molar-refractivity contribution >= 4 is 11.6 Å². The first-order valence-electron chi connectivity index (χ1n) is 5.44. The molecule has 94 valence electrons. The molecule has 2 heterocycles. The van der Waals surface area contributed by atoms with Gasteiger partial charge < -0.3 is 4.52 Å². The molecular weight excluding hydrogens is 269 g/mol. The quantitative estimate of drug-likeness (QED) is 0.671. The van der Waals surface area contributed by atoms with Crippen LogP contribution >= 0.6 is 11.6 Å². The number of nitrogens with zero attached hydrogens (tertiary/aromatic N) is 3. The average molecular weight is 276 g/mol. The zero-order valence-corrected chi connectivity index (χ0v) is 10.3. The Balaban J connectivity index is 2.00. The van der Waals surface area contributed by atoms with E-state index in [0.29, 0.717) is 17.0 Å². The predicted octanol–water partition coefficient (Wildman–Crippen LogP) is 3.59. The third-order valence-electron chi connectivity index (χ3n) is 2.52. The molecule has 0 aliphatic heterocycles. The van der Waals surface area contributed by atoms with Crippen LogP contribution in [0.25, 0.3) is 22.8 Å². The molecule has 0 N–H and O–H groups in total. The molecule has 1 aromatic carbocycles. The lowest BCUT2D eigenvalue weighted by Gasteiger charge is -1.95. The summed E-state index contributed by atoms with van der Waals surface area (Å²) in [6.45, 7) is 0. The lowest BCUT2D eigenvalue weighted by Crippen LogP contribution is -1.84. The van der Waals surface area contributed by atoms with E-state index in [1.165, 1.54) is 12.1 Å². The topological polar surface area (TPSA) is 51.8 Å². The Kier molecular flexibility index (Phi) is 2.97. The Morgan fingerprint density at radius 2 is 1.89 bits per heavy atom. The fourth-order valence-corrected chi connectivity index (χ4v) is 1.79. The summed E-state index contributed by atoms with van der Waals surface area (Å²) in [6.07, 6.45) is 1.57. The van der Waals surface area contributed by atoms with Gasteiger partial charge in [0.25, 0.3) is 5.89 Å². The van der Waals surface area contributed by atoms with Crippen LogP contribution in [0.5, 0.6) is 0 Å². The molecule has 19 heavy (non-hydrogen) atoms. The molecule has 0 radical (unpaired) electrons. The molecule has 3 rings (SSSR count). The van der Waals surface area contributed by atoms with Crippen LogP contribution < -0.4 is 0 Å². The van der Waals surface area contributed by atoms with Crippen LogP contribution in [0.1, 0.15) is 0 Å². The van der Waals surface area contributed by atoms with E-state index in [-0.39, 0.29) is 16.9 Å². The number of hydrogen-bond donors (Lipinski definition) is 0. The van der Waals surface area contributed by atoms with Crippen molar-refractivity contribution in [1.29, 1.82) is 0 Å². The standard InChI is InChI=1S/C13H7ClFN3O/c14-11-10(2-1-7-16-11)13-17-12(18-19-13)8-3-5-9(15)6-4-8/h1-7H. The second-order valence-corrected chi connectivity index (χ2v) is 4.13. The molecule has 0 unspecified atom stereocenters. The summed E-state index contributed by atoms with van der Waals surface area (Å²) in [5, 5.41) is 4.13. The summed E-state index contributed by atoms with van der Waals surface area (Å²) >= 11 is 5.95. The Morgan fingerprint density at radius 3 is 2.63 bits per heavy atom. The van der Waals surface area contributed by atoms with E-state index in [1.807, 2.05) is 0 Å². The Hall–Kier alpha value is -2.27. The van der Waals surface area contributed by atoms with Crippen molar-refractivity contribution in [3.63, 3.8) is 0 Å². The van der Waals surface area contributed by atoms with Gasteiger partial charge >= 0.3 is 0 Å². The molecule has 0 aliphatic rings. The van der Waals surface area contributed by atoms with E-state index in [0.717, 1.165) is 0 Å². The molecular formula is C13H7ClFN3O. The number of pyridine rings is 1. The highest BCUT2D eigenvalue weighted by molar-refractivity contribution is 6.31. The maximum absolute atomic E-state index is 12.8. The molecule has 0 saturated carbocycles. The highest BCUT2D eigenvalue weighted by atomic mass is 35.5. The summed E-state index contributed by atoms with van der Waals surface area (Å²) < 4.78 is 18.0. The molecule has 0 atom stereocenters. The van der Waals surface area contributed by atoms with Crippen molar-refractivity contribution in [3.05, 3.63) is 53.6 Å². The zero-order valence-electron chi connectivity index (χ0n) is 9.55. The molecule has 4 nitrogen and oxygen atoms in total. The normalized spacial score (nSPS) is 10.6. The minimum absolute atomic E-state index is 0.275. The largest absolute Gasteiger partial charge is 0.333 e. The van der Waals surface area contributed by atoms with Gasteiger partial charge in [0.1, 0.15) is 11.0 Å². The van der Waals surface area contributed by atoms with Crippen LogP contribution in [0.3, 0.4) is 0 Å². The van der Waals surface area contributed by atoms with Crippen LogP contribution in [-0.4, -0.2) is 15.1 Å². The Labute approximate surface area is 112 Å². The second kappa shape index (κ2) is 4.78. The summed E-state index contributed by atoms with van der Waals surface area (Å²) in [5.74, 6) is 0.329. The molecule has 6 heteroatoms. The lowest BCUT2D eigenvalue weighted by molar-refractivity contribution is 0.432. The third-order valence-corrected chi connectivity index (χ3v) is 2.82. The number of hydrogen-bond acceptors (Lipinski definition) is 4. The van der Waals surface area contributed by atoms with Gasteiger partial charge in [-0.2, -0.15) is 4.98 Å². The maximum Gasteiger partial charge on any atom is 0.261 e. The van der Waals surface area contributed by atoms with Gasteiger partial charge in [0, 0.05) is 11.8 Å². The van der Waals surface area contributed by atoms with Gasteiger partial charge in [0.15, 0.2) is 0 Å². The van der Waals surface area contributed by atoms with Crippen molar-refractivity contribution in [2.75, 3.05) is 0 Å². The van der Waals surface area contributed by atoms with Crippen molar-refractivity contribution in [2.45, 2.75) is 0 Å². The van der Waals surface area contributed by atoms with Gasteiger partial charge in [-0.05, 0) is 36.4 Å². The average Bonchev–Trinajstić information content (AvgIpc) is 2.89. The van der Waals surface area contributed by atoms with Crippen LogP contribution in [0.4, 0.5) is 4.39 Å². The number of halogens is 2. The van der Waals surface area contributed by atoms with Gasteiger partial charge in [-0.25, -0.2) is 9.37 Å².